The zero-order chi connectivity index (χ0) is 24.5. The van der Waals surface area contributed by atoms with Crippen LogP contribution in [0.5, 0.6) is 0 Å². The second-order valence-corrected chi connectivity index (χ2v) is 7.58. The van der Waals surface area contributed by atoms with Gasteiger partial charge in [0.2, 0.25) is 23.6 Å². The number of primary amides is 1. The summed E-state index contributed by atoms with van der Waals surface area (Å²) in [5.74, 6) is -3.99. The highest BCUT2D eigenvalue weighted by Gasteiger charge is 2.23. The number of fused-ring (bicyclic) bond motifs is 1. The summed E-state index contributed by atoms with van der Waals surface area (Å²) >= 11 is 0. The van der Waals surface area contributed by atoms with Crippen LogP contribution in [-0.2, 0) is 30.4 Å². The molecule has 0 bridgehead atoms. The Hall–Kier alpha value is -3.93. The maximum atomic E-state index is 12.4. The summed E-state index contributed by atoms with van der Waals surface area (Å²) in [5.41, 5.74) is 12.8. The van der Waals surface area contributed by atoms with Crippen LogP contribution in [0.15, 0.2) is 30.5 Å². The number of carbonyl (C=O) groups is 5. The highest BCUT2D eigenvalue weighted by Crippen LogP contribution is 2.18. The van der Waals surface area contributed by atoms with Crippen LogP contribution in [0.2, 0.25) is 0 Å². The Bertz CT molecular complexity index is 1040. The number of benzene rings is 1. The third-order valence-electron chi connectivity index (χ3n) is 4.94. The van der Waals surface area contributed by atoms with E-state index in [9.17, 15) is 24.0 Å². The van der Waals surface area contributed by atoms with Gasteiger partial charge in [0, 0.05) is 23.5 Å². The van der Waals surface area contributed by atoms with Crippen LogP contribution in [0, 0.1) is 0 Å². The van der Waals surface area contributed by atoms with Crippen molar-refractivity contribution in [3.8, 4) is 0 Å². The molecule has 12 nitrogen and oxygen atoms in total. The number of aliphatic carboxylic acids is 1. The number of para-hydroxylation sites is 1. The number of nitrogens with one attached hydrogen (secondary N) is 4. The Labute approximate surface area is 189 Å². The largest absolute Gasteiger partial charge is 0.480 e. The number of rotatable bonds is 12. The van der Waals surface area contributed by atoms with E-state index in [1.54, 1.807) is 6.20 Å². The van der Waals surface area contributed by atoms with E-state index < -0.39 is 54.3 Å². The quantitative estimate of drug-likeness (QED) is 0.199. The van der Waals surface area contributed by atoms with Crippen molar-refractivity contribution in [3.05, 3.63) is 36.0 Å². The molecule has 0 aliphatic carbocycles. The smallest absolute Gasteiger partial charge is 0.326 e. The van der Waals surface area contributed by atoms with Gasteiger partial charge >= 0.3 is 5.97 Å². The number of amides is 4. The minimum absolute atomic E-state index is 0.175. The van der Waals surface area contributed by atoms with Crippen LogP contribution in [0.3, 0.4) is 0 Å². The molecule has 3 atom stereocenters. The molecule has 9 N–H and O–H groups in total. The van der Waals surface area contributed by atoms with Crippen molar-refractivity contribution in [2.45, 2.75) is 44.3 Å². The molecule has 1 heterocycles. The lowest BCUT2D eigenvalue weighted by Crippen LogP contribution is -2.52. The first-order valence-electron chi connectivity index (χ1n) is 10.3. The van der Waals surface area contributed by atoms with Crippen molar-refractivity contribution in [1.82, 2.24) is 20.9 Å². The monoisotopic (exact) mass is 460 g/mol. The van der Waals surface area contributed by atoms with Gasteiger partial charge in [-0.3, -0.25) is 19.2 Å². The maximum Gasteiger partial charge on any atom is 0.326 e. The highest BCUT2D eigenvalue weighted by molar-refractivity contribution is 5.93. The van der Waals surface area contributed by atoms with Gasteiger partial charge in [0.15, 0.2) is 0 Å². The average molecular weight is 460 g/mol. The summed E-state index contributed by atoms with van der Waals surface area (Å²) < 4.78 is 0. The van der Waals surface area contributed by atoms with Gasteiger partial charge in [-0.15, -0.1) is 0 Å². The van der Waals surface area contributed by atoms with Crippen molar-refractivity contribution in [3.63, 3.8) is 0 Å². The van der Waals surface area contributed by atoms with Gasteiger partial charge in [-0.25, -0.2) is 4.79 Å². The molecule has 3 unspecified atom stereocenters. The van der Waals surface area contributed by atoms with E-state index in [4.69, 9.17) is 16.6 Å². The van der Waals surface area contributed by atoms with E-state index in [-0.39, 0.29) is 19.3 Å². The molecule has 0 spiro atoms. The summed E-state index contributed by atoms with van der Waals surface area (Å²) in [7, 11) is 0. The van der Waals surface area contributed by atoms with E-state index in [1.807, 2.05) is 24.3 Å². The van der Waals surface area contributed by atoms with Crippen molar-refractivity contribution >= 4 is 40.5 Å². The molecule has 1 aromatic heterocycles. The Kier molecular flexibility index (Phi) is 8.92. The molecule has 4 amide bonds. The molecule has 0 aliphatic heterocycles. The molecular formula is C21H28N6O6. The number of carboxylic acid groups (broad SMARTS) is 1. The normalized spacial score (nSPS) is 13.5. The van der Waals surface area contributed by atoms with E-state index in [2.05, 4.69) is 20.9 Å². The van der Waals surface area contributed by atoms with Crippen molar-refractivity contribution in [1.29, 1.82) is 0 Å². The minimum atomic E-state index is -1.33. The fourth-order valence-corrected chi connectivity index (χ4v) is 3.13. The molecule has 12 heteroatoms. The lowest BCUT2D eigenvalue weighted by Gasteiger charge is -2.18. The zero-order valence-electron chi connectivity index (χ0n) is 18.1. The summed E-state index contributed by atoms with van der Waals surface area (Å²) in [5, 5.41) is 17.0. The molecule has 2 aromatic rings. The first-order valence-corrected chi connectivity index (χ1v) is 10.3. The standard InChI is InChI=1S/C21H28N6O6/c1-11(19(30)25-10-18(29)27-16(21(32)33)6-7-17(23)28)26-20(31)14(22)8-12-9-24-15-5-3-2-4-13(12)15/h2-5,9,11,14,16,24H,6-8,10,22H2,1H3,(H2,23,28)(H,25,30)(H,26,31)(H,27,29)(H,32,33). The molecule has 0 saturated heterocycles. The number of carbonyl (C=O) groups excluding carboxylic acids is 4. The molecule has 0 fully saturated rings. The number of aromatic nitrogens is 1. The first kappa shape index (κ1) is 25.3. The van der Waals surface area contributed by atoms with Gasteiger partial charge in [0.25, 0.3) is 0 Å². The van der Waals surface area contributed by atoms with Crippen molar-refractivity contribution in [2.75, 3.05) is 6.54 Å². The number of aromatic amines is 1. The number of H-pyrrole nitrogens is 1. The predicted octanol–water partition coefficient (Wildman–Crippen LogP) is -1.51. The molecule has 178 valence electrons. The number of hydrogen-bond donors (Lipinski definition) is 7. The lowest BCUT2D eigenvalue weighted by atomic mass is 10.0. The van der Waals surface area contributed by atoms with Crippen LogP contribution in [0.4, 0.5) is 0 Å². The molecule has 33 heavy (non-hydrogen) atoms. The Morgan fingerprint density at radius 3 is 2.45 bits per heavy atom. The molecule has 1 aromatic carbocycles. The van der Waals surface area contributed by atoms with Crippen LogP contribution in [0.1, 0.15) is 25.3 Å². The highest BCUT2D eigenvalue weighted by atomic mass is 16.4. The van der Waals surface area contributed by atoms with E-state index in [1.165, 1.54) is 6.92 Å². The fourth-order valence-electron chi connectivity index (χ4n) is 3.13. The molecule has 0 aliphatic rings. The van der Waals surface area contributed by atoms with Gasteiger partial charge < -0.3 is 37.5 Å². The molecule has 2 rings (SSSR count). The van der Waals surface area contributed by atoms with Crippen LogP contribution >= 0.6 is 0 Å². The van der Waals surface area contributed by atoms with Crippen LogP contribution in [-0.4, -0.2) is 64.4 Å². The van der Waals surface area contributed by atoms with Gasteiger partial charge in [0.05, 0.1) is 12.6 Å². The third-order valence-corrected chi connectivity index (χ3v) is 4.94. The number of carboxylic acids is 1. The molecule has 0 radical (unpaired) electrons. The van der Waals surface area contributed by atoms with Gasteiger partial charge in [0.1, 0.15) is 12.1 Å². The van der Waals surface area contributed by atoms with Gasteiger partial charge in [-0.1, -0.05) is 18.2 Å². The van der Waals surface area contributed by atoms with E-state index in [0.717, 1.165) is 16.5 Å². The second-order valence-electron chi connectivity index (χ2n) is 7.58. The Morgan fingerprint density at radius 2 is 1.79 bits per heavy atom. The third kappa shape index (κ3) is 7.61. The van der Waals surface area contributed by atoms with E-state index in [0.29, 0.717) is 0 Å². The van der Waals surface area contributed by atoms with E-state index >= 15 is 0 Å². The lowest BCUT2D eigenvalue weighted by molar-refractivity contribution is -0.142. The predicted molar refractivity (Wildman–Crippen MR) is 119 cm³/mol. The van der Waals surface area contributed by atoms with Crippen LogP contribution < -0.4 is 27.4 Å². The summed E-state index contributed by atoms with van der Waals surface area (Å²) in [4.78, 5) is 61.6. The van der Waals surface area contributed by atoms with Crippen molar-refractivity contribution in [2.24, 2.45) is 11.5 Å². The van der Waals surface area contributed by atoms with Crippen molar-refractivity contribution < 1.29 is 29.1 Å². The summed E-state index contributed by atoms with van der Waals surface area (Å²) in [6.07, 6.45) is 1.64. The maximum absolute atomic E-state index is 12.4. The van der Waals surface area contributed by atoms with Gasteiger partial charge in [-0.2, -0.15) is 0 Å². The summed E-state index contributed by atoms with van der Waals surface area (Å²) in [6, 6.07) is 4.39. The Morgan fingerprint density at radius 1 is 1.09 bits per heavy atom. The average Bonchev–Trinajstić information content (AvgIpc) is 3.17. The fraction of sp³-hybridized carbons (Fsp3) is 0.381. The molecular weight excluding hydrogens is 432 g/mol. The first-order chi connectivity index (χ1) is 15.6. The number of hydrogen-bond acceptors (Lipinski definition) is 6. The number of nitrogens with two attached hydrogens (primary N) is 2. The topological polar surface area (TPSA) is 209 Å². The Balaban J connectivity index is 1.80. The second kappa shape index (κ2) is 11.6. The summed E-state index contributed by atoms with van der Waals surface area (Å²) in [6.45, 7) is 0.914. The SMILES string of the molecule is CC(NC(=O)C(N)Cc1c[nH]c2ccccc12)C(=O)NCC(=O)NC(CCC(N)=O)C(=O)O. The molecule has 0 saturated carbocycles. The minimum Gasteiger partial charge on any atom is -0.480 e. The zero-order valence-corrected chi connectivity index (χ0v) is 18.1. The van der Waals surface area contributed by atoms with Gasteiger partial charge in [-0.05, 0) is 31.4 Å². The van der Waals surface area contributed by atoms with Crippen LogP contribution in [0.25, 0.3) is 10.9 Å².